The van der Waals surface area contributed by atoms with Crippen molar-refractivity contribution in [2.45, 2.75) is 13.5 Å². The van der Waals surface area contributed by atoms with Crippen LogP contribution in [0.3, 0.4) is 0 Å². The summed E-state index contributed by atoms with van der Waals surface area (Å²) in [4.78, 5) is 12.2. The van der Waals surface area contributed by atoms with Gasteiger partial charge in [0.2, 0.25) is 11.8 Å². The number of rotatable bonds is 2. The number of amides is 1. The zero-order chi connectivity index (χ0) is 9.14. The van der Waals surface area contributed by atoms with Crippen LogP contribution in [0.1, 0.15) is 12.8 Å². The predicted octanol–water partition coefficient (Wildman–Crippen LogP) is -0.370. The highest BCUT2D eigenvalue weighted by atomic mass is 16.4. The molecular weight excluding hydrogens is 160 g/mol. The fourth-order valence-corrected chi connectivity index (χ4v) is 0.645. The van der Waals surface area contributed by atoms with E-state index in [9.17, 15) is 4.79 Å². The van der Waals surface area contributed by atoms with Gasteiger partial charge in [-0.2, -0.15) is 0 Å². The lowest BCUT2D eigenvalue weighted by Crippen LogP contribution is -2.23. The van der Waals surface area contributed by atoms with Gasteiger partial charge in [-0.15, -0.1) is 5.10 Å². The van der Waals surface area contributed by atoms with Gasteiger partial charge in [0, 0.05) is 14.0 Å². The summed E-state index contributed by atoms with van der Waals surface area (Å²) < 4.78 is 4.87. The summed E-state index contributed by atoms with van der Waals surface area (Å²) in [5, 5.41) is 7.05. The maximum absolute atomic E-state index is 10.8. The van der Waals surface area contributed by atoms with Crippen molar-refractivity contribution in [3.05, 3.63) is 5.89 Å². The van der Waals surface area contributed by atoms with Crippen molar-refractivity contribution >= 4 is 11.9 Å². The van der Waals surface area contributed by atoms with Crippen molar-refractivity contribution in [1.29, 1.82) is 0 Å². The predicted molar refractivity (Wildman–Crippen MR) is 40.9 cm³/mol. The van der Waals surface area contributed by atoms with Crippen LogP contribution < -0.4 is 5.73 Å². The van der Waals surface area contributed by atoms with Crippen LogP contribution in [0, 0.1) is 0 Å². The molecule has 1 aromatic heterocycles. The first-order valence-electron chi connectivity index (χ1n) is 3.39. The molecule has 0 aliphatic rings. The van der Waals surface area contributed by atoms with E-state index in [1.165, 1.54) is 11.8 Å². The standard InChI is InChI=1S/C6H10N4O2/c1-4(11)10(2)3-5-8-9-6(7)12-5/h3H2,1-2H3,(H2,7,9). The molecular formula is C6H10N4O2. The Morgan fingerprint density at radius 3 is 2.75 bits per heavy atom. The lowest BCUT2D eigenvalue weighted by atomic mass is 10.5. The van der Waals surface area contributed by atoms with E-state index in [1.807, 2.05) is 0 Å². The number of nitrogen functional groups attached to an aromatic ring is 1. The normalized spacial score (nSPS) is 9.83. The molecule has 0 unspecified atom stereocenters. The minimum absolute atomic E-state index is 0.0157. The molecule has 0 radical (unpaired) electrons. The van der Waals surface area contributed by atoms with Crippen LogP contribution in [0.5, 0.6) is 0 Å². The molecule has 0 saturated heterocycles. The van der Waals surface area contributed by atoms with Gasteiger partial charge in [0.25, 0.3) is 0 Å². The van der Waals surface area contributed by atoms with Crippen LogP contribution in [0.15, 0.2) is 4.42 Å². The fraction of sp³-hybridized carbons (Fsp3) is 0.500. The number of hydrogen-bond acceptors (Lipinski definition) is 5. The molecule has 0 bridgehead atoms. The highest BCUT2D eigenvalue weighted by Crippen LogP contribution is 2.02. The van der Waals surface area contributed by atoms with Gasteiger partial charge in [0.15, 0.2) is 0 Å². The zero-order valence-electron chi connectivity index (χ0n) is 6.94. The van der Waals surface area contributed by atoms with E-state index in [-0.39, 0.29) is 11.9 Å². The maximum Gasteiger partial charge on any atom is 0.312 e. The second-order valence-electron chi connectivity index (χ2n) is 2.41. The minimum atomic E-state index is -0.0632. The van der Waals surface area contributed by atoms with Crippen molar-refractivity contribution in [3.8, 4) is 0 Å². The van der Waals surface area contributed by atoms with Gasteiger partial charge in [-0.25, -0.2) is 0 Å². The number of carbonyl (C=O) groups excluding carboxylic acids is 1. The first-order valence-corrected chi connectivity index (χ1v) is 3.39. The smallest absolute Gasteiger partial charge is 0.312 e. The summed E-state index contributed by atoms with van der Waals surface area (Å²) in [6.07, 6.45) is 0. The minimum Gasteiger partial charge on any atom is -0.406 e. The monoisotopic (exact) mass is 170 g/mol. The average molecular weight is 170 g/mol. The molecule has 0 fully saturated rings. The van der Waals surface area contributed by atoms with Crippen molar-refractivity contribution in [2.75, 3.05) is 12.8 Å². The van der Waals surface area contributed by atoms with E-state index in [4.69, 9.17) is 10.2 Å². The SMILES string of the molecule is CC(=O)N(C)Cc1nnc(N)o1. The van der Waals surface area contributed by atoms with E-state index in [0.29, 0.717) is 12.4 Å². The summed E-state index contributed by atoms with van der Waals surface area (Å²) in [6, 6.07) is 0.0157. The molecule has 1 rings (SSSR count). The summed E-state index contributed by atoms with van der Waals surface area (Å²) in [5.41, 5.74) is 5.19. The van der Waals surface area contributed by atoms with Crippen LogP contribution in [-0.4, -0.2) is 28.1 Å². The topological polar surface area (TPSA) is 85.2 Å². The van der Waals surface area contributed by atoms with Gasteiger partial charge in [-0.05, 0) is 0 Å². The molecule has 0 aliphatic heterocycles. The molecule has 0 atom stereocenters. The number of nitrogens with zero attached hydrogens (tertiary/aromatic N) is 3. The molecule has 0 saturated carbocycles. The van der Waals surface area contributed by atoms with Gasteiger partial charge in [-0.3, -0.25) is 4.79 Å². The Bertz CT molecular complexity index is 283. The van der Waals surface area contributed by atoms with Crippen LogP contribution in [0.25, 0.3) is 0 Å². The van der Waals surface area contributed by atoms with Crippen molar-refractivity contribution in [2.24, 2.45) is 0 Å². The second kappa shape index (κ2) is 3.21. The Morgan fingerprint density at radius 2 is 2.33 bits per heavy atom. The first kappa shape index (κ1) is 8.51. The van der Waals surface area contributed by atoms with E-state index < -0.39 is 0 Å². The molecule has 6 heteroatoms. The number of nitrogens with two attached hydrogens (primary N) is 1. The molecule has 12 heavy (non-hydrogen) atoms. The van der Waals surface area contributed by atoms with Crippen molar-refractivity contribution in [1.82, 2.24) is 15.1 Å². The van der Waals surface area contributed by atoms with E-state index in [1.54, 1.807) is 7.05 Å². The Labute approximate surface area is 69.4 Å². The van der Waals surface area contributed by atoms with E-state index >= 15 is 0 Å². The summed E-state index contributed by atoms with van der Waals surface area (Å²) >= 11 is 0. The number of hydrogen-bond donors (Lipinski definition) is 1. The lowest BCUT2D eigenvalue weighted by molar-refractivity contribution is -0.128. The Balaban J connectivity index is 2.58. The highest BCUT2D eigenvalue weighted by Gasteiger charge is 2.08. The highest BCUT2D eigenvalue weighted by molar-refractivity contribution is 5.72. The number of aromatic nitrogens is 2. The molecule has 66 valence electrons. The van der Waals surface area contributed by atoms with Gasteiger partial charge < -0.3 is 15.1 Å². The summed E-state index contributed by atoms with van der Waals surface area (Å²) in [6.45, 7) is 1.75. The van der Waals surface area contributed by atoms with Gasteiger partial charge in [0.1, 0.15) is 0 Å². The molecule has 0 aliphatic carbocycles. The van der Waals surface area contributed by atoms with E-state index in [2.05, 4.69) is 10.2 Å². The van der Waals surface area contributed by atoms with Gasteiger partial charge >= 0.3 is 6.01 Å². The second-order valence-corrected chi connectivity index (χ2v) is 2.41. The van der Waals surface area contributed by atoms with Crippen LogP contribution >= 0.6 is 0 Å². The third-order valence-corrected chi connectivity index (χ3v) is 1.39. The van der Waals surface area contributed by atoms with E-state index in [0.717, 1.165) is 0 Å². The Kier molecular flexibility index (Phi) is 2.27. The quantitative estimate of drug-likeness (QED) is 0.654. The molecule has 1 aromatic rings. The van der Waals surface area contributed by atoms with Crippen molar-refractivity contribution in [3.63, 3.8) is 0 Å². The van der Waals surface area contributed by atoms with Crippen LogP contribution in [-0.2, 0) is 11.3 Å². The third kappa shape index (κ3) is 1.94. The molecule has 2 N–H and O–H groups in total. The maximum atomic E-state index is 10.8. The van der Waals surface area contributed by atoms with Gasteiger partial charge in [0.05, 0.1) is 6.54 Å². The summed E-state index contributed by atoms with van der Waals surface area (Å²) in [7, 11) is 1.64. The Morgan fingerprint density at radius 1 is 1.67 bits per heavy atom. The lowest BCUT2D eigenvalue weighted by Gasteiger charge is -2.10. The number of carbonyl (C=O) groups is 1. The molecule has 0 aromatic carbocycles. The number of anilines is 1. The average Bonchev–Trinajstić information content (AvgIpc) is 2.35. The van der Waals surface area contributed by atoms with Crippen LogP contribution in [0.4, 0.5) is 6.01 Å². The van der Waals surface area contributed by atoms with Crippen molar-refractivity contribution < 1.29 is 9.21 Å². The van der Waals surface area contributed by atoms with Gasteiger partial charge in [-0.1, -0.05) is 5.10 Å². The molecule has 6 nitrogen and oxygen atoms in total. The zero-order valence-corrected chi connectivity index (χ0v) is 6.94. The third-order valence-electron chi connectivity index (χ3n) is 1.39. The summed E-state index contributed by atoms with van der Waals surface area (Å²) in [5.74, 6) is 0.275. The fourth-order valence-electron chi connectivity index (χ4n) is 0.645. The first-order chi connectivity index (χ1) is 5.59. The molecule has 1 amide bonds. The van der Waals surface area contributed by atoms with Crippen LogP contribution in [0.2, 0.25) is 0 Å². The Hall–Kier alpha value is -1.59. The molecule has 1 heterocycles. The largest absolute Gasteiger partial charge is 0.406 e. The molecule has 0 spiro atoms.